The zero-order valence-electron chi connectivity index (χ0n) is 7.64. The maximum absolute atomic E-state index is 13.4. The minimum atomic E-state index is -0.520. The molecule has 0 aliphatic rings. The van der Waals surface area contributed by atoms with Gasteiger partial charge in [-0.25, -0.2) is 9.37 Å². The summed E-state index contributed by atoms with van der Waals surface area (Å²) in [5.41, 5.74) is 0.847. The molecule has 5 heteroatoms. The standard InChI is InChI=1S/C10H8FNO2S/c11-9-3-7(14)1-2-8(9)10-12-6(4-13)5-15-10/h1-3,5,13-14H,4H2. The normalized spacial score (nSPS) is 10.5. The molecule has 0 amide bonds. The quantitative estimate of drug-likeness (QED) is 0.823. The van der Waals surface area contributed by atoms with Crippen LogP contribution in [0.1, 0.15) is 5.69 Å². The van der Waals surface area contributed by atoms with Gasteiger partial charge in [0, 0.05) is 17.0 Å². The largest absolute Gasteiger partial charge is 0.508 e. The lowest BCUT2D eigenvalue weighted by molar-refractivity contribution is 0.278. The molecule has 0 saturated heterocycles. The average Bonchev–Trinajstić information content (AvgIpc) is 2.66. The van der Waals surface area contributed by atoms with Gasteiger partial charge in [-0.15, -0.1) is 11.3 Å². The van der Waals surface area contributed by atoms with Gasteiger partial charge in [0.25, 0.3) is 0 Å². The Morgan fingerprint density at radius 2 is 2.20 bits per heavy atom. The van der Waals surface area contributed by atoms with E-state index in [0.29, 0.717) is 16.3 Å². The van der Waals surface area contributed by atoms with E-state index >= 15 is 0 Å². The molecule has 2 rings (SSSR count). The van der Waals surface area contributed by atoms with Crippen molar-refractivity contribution in [1.29, 1.82) is 0 Å². The first-order valence-electron chi connectivity index (χ1n) is 4.25. The van der Waals surface area contributed by atoms with E-state index in [1.165, 1.54) is 23.5 Å². The van der Waals surface area contributed by atoms with E-state index in [9.17, 15) is 4.39 Å². The number of phenolic OH excluding ortho intramolecular Hbond substituents is 1. The summed E-state index contributed by atoms with van der Waals surface area (Å²) in [6.45, 7) is -0.157. The van der Waals surface area contributed by atoms with Gasteiger partial charge in [0.15, 0.2) is 0 Å². The molecular formula is C10H8FNO2S. The highest BCUT2D eigenvalue weighted by molar-refractivity contribution is 7.13. The minimum Gasteiger partial charge on any atom is -0.508 e. The summed E-state index contributed by atoms with van der Waals surface area (Å²) >= 11 is 1.25. The molecule has 0 saturated carbocycles. The Hall–Kier alpha value is -1.46. The third-order valence-electron chi connectivity index (χ3n) is 1.90. The van der Waals surface area contributed by atoms with E-state index in [1.54, 1.807) is 5.38 Å². The maximum atomic E-state index is 13.4. The third kappa shape index (κ3) is 1.98. The van der Waals surface area contributed by atoms with Crippen molar-refractivity contribution in [2.24, 2.45) is 0 Å². The van der Waals surface area contributed by atoms with Crippen LogP contribution in [0.2, 0.25) is 0 Å². The highest BCUT2D eigenvalue weighted by Gasteiger charge is 2.09. The number of rotatable bonds is 2. The number of aliphatic hydroxyl groups excluding tert-OH is 1. The zero-order valence-corrected chi connectivity index (χ0v) is 8.46. The van der Waals surface area contributed by atoms with Crippen LogP contribution < -0.4 is 0 Å². The van der Waals surface area contributed by atoms with Crippen LogP contribution in [0.15, 0.2) is 23.6 Å². The van der Waals surface area contributed by atoms with Crippen LogP contribution in [0, 0.1) is 5.82 Å². The molecule has 0 bridgehead atoms. The van der Waals surface area contributed by atoms with E-state index in [1.807, 2.05) is 0 Å². The topological polar surface area (TPSA) is 53.4 Å². The number of hydrogen-bond donors (Lipinski definition) is 2. The van der Waals surface area contributed by atoms with Gasteiger partial charge in [0.05, 0.1) is 12.3 Å². The first kappa shape index (κ1) is 10.1. The van der Waals surface area contributed by atoms with Crippen molar-refractivity contribution >= 4 is 11.3 Å². The number of aliphatic hydroxyl groups is 1. The molecule has 78 valence electrons. The van der Waals surface area contributed by atoms with Crippen LogP contribution >= 0.6 is 11.3 Å². The molecule has 0 radical (unpaired) electrons. The van der Waals surface area contributed by atoms with Gasteiger partial charge in [0.2, 0.25) is 0 Å². The Morgan fingerprint density at radius 3 is 2.80 bits per heavy atom. The molecule has 2 N–H and O–H groups in total. The number of thiazole rings is 1. The summed E-state index contributed by atoms with van der Waals surface area (Å²) in [5.74, 6) is -0.635. The Bertz CT molecular complexity index is 484. The number of aromatic hydroxyl groups is 1. The van der Waals surface area contributed by atoms with Crippen molar-refractivity contribution in [3.05, 3.63) is 35.1 Å². The monoisotopic (exact) mass is 225 g/mol. The Labute approximate surface area is 89.5 Å². The van der Waals surface area contributed by atoms with Gasteiger partial charge in [-0.2, -0.15) is 0 Å². The number of aromatic nitrogens is 1. The minimum absolute atomic E-state index is 0.116. The Morgan fingerprint density at radius 1 is 1.40 bits per heavy atom. The fourth-order valence-corrected chi connectivity index (χ4v) is 2.02. The third-order valence-corrected chi connectivity index (χ3v) is 2.82. The van der Waals surface area contributed by atoms with Crippen molar-refractivity contribution in [2.75, 3.05) is 0 Å². The van der Waals surface area contributed by atoms with Crippen LogP contribution in [0.3, 0.4) is 0 Å². The smallest absolute Gasteiger partial charge is 0.137 e. The molecule has 0 aliphatic carbocycles. The van der Waals surface area contributed by atoms with E-state index < -0.39 is 5.82 Å². The van der Waals surface area contributed by atoms with E-state index in [4.69, 9.17) is 10.2 Å². The molecule has 15 heavy (non-hydrogen) atoms. The fraction of sp³-hybridized carbons (Fsp3) is 0.100. The van der Waals surface area contributed by atoms with Crippen LogP contribution in [-0.4, -0.2) is 15.2 Å². The highest BCUT2D eigenvalue weighted by atomic mass is 32.1. The van der Waals surface area contributed by atoms with E-state index in [2.05, 4.69) is 4.98 Å². The second kappa shape index (κ2) is 3.96. The zero-order chi connectivity index (χ0) is 10.8. The predicted octanol–water partition coefficient (Wildman–Crippen LogP) is 2.15. The summed E-state index contributed by atoms with van der Waals surface area (Å²) in [6.07, 6.45) is 0. The first-order valence-corrected chi connectivity index (χ1v) is 5.13. The lowest BCUT2D eigenvalue weighted by Gasteiger charge is -1.99. The lowest BCUT2D eigenvalue weighted by atomic mass is 10.2. The molecular weight excluding hydrogens is 217 g/mol. The highest BCUT2D eigenvalue weighted by Crippen LogP contribution is 2.28. The van der Waals surface area contributed by atoms with Crippen molar-refractivity contribution in [3.8, 4) is 16.3 Å². The van der Waals surface area contributed by atoms with Crippen molar-refractivity contribution in [1.82, 2.24) is 4.98 Å². The van der Waals surface area contributed by atoms with Crippen molar-refractivity contribution in [2.45, 2.75) is 6.61 Å². The molecule has 1 heterocycles. The lowest BCUT2D eigenvalue weighted by Crippen LogP contribution is -1.85. The van der Waals surface area contributed by atoms with E-state index in [-0.39, 0.29) is 12.4 Å². The molecule has 0 spiro atoms. The van der Waals surface area contributed by atoms with Gasteiger partial charge < -0.3 is 10.2 Å². The molecule has 2 aromatic rings. The SMILES string of the molecule is OCc1csc(-c2ccc(O)cc2F)n1. The number of halogens is 1. The molecule has 0 aliphatic heterocycles. The summed E-state index contributed by atoms with van der Waals surface area (Å²) in [5, 5.41) is 20.0. The number of phenols is 1. The number of nitrogens with zero attached hydrogens (tertiary/aromatic N) is 1. The van der Waals surface area contributed by atoms with Crippen LogP contribution in [0.4, 0.5) is 4.39 Å². The van der Waals surface area contributed by atoms with Crippen molar-refractivity contribution in [3.63, 3.8) is 0 Å². The van der Waals surface area contributed by atoms with Gasteiger partial charge in [-0.05, 0) is 12.1 Å². The van der Waals surface area contributed by atoms with Gasteiger partial charge in [0.1, 0.15) is 16.6 Å². The second-order valence-corrected chi connectivity index (χ2v) is 3.82. The number of hydrogen-bond acceptors (Lipinski definition) is 4. The van der Waals surface area contributed by atoms with Gasteiger partial charge in [-0.1, -0.05) is 0 Å². The summed E-state index contributed by atoms with van der Waals surface area (Å²) in [4.78, 5) is 4.04. The first-order chi connectivity index (χ1) is 7.20. The Balaban J connectivity index is 2.44. The summed E-state index contributed by atoms with van der Waals surface area (Å²) in [7, 11) is 0. The van der Waals surface area contributed by atoms with E-state index in [0.717, 1.165) is 6.07 Å². The molecule has 0 unspecified atom stereocenters. The molecule has 0 atom stereocenters. The number of benzene rings is 1. The van der Waals surface area contributed by atoms with Crippen LogP contribution in [0.25, 0.3) is 10.6 Å². The second-order valence-electron chi connectivity index (χ2n) is 2.97. The fourth-order valence-electron chi connectivity index (χ4n) is 1.18. The molecule has 1 aromatic heterocycles. The van der Waals surface area contributed by atoms with Crippen molar-refractivity contribution < 1.29 is 14.6 Å². The summed E-state index contributed by atoms with van der Waals surface area (Å²) < 4.78 is 13.4. The molecule has 1 aromatic carbocycles. The Kier molecular flexibility index (Phi) is 2.66. The maximum Gasteiger partial charge on any atom is 0.137 e. The average molecular weight is 225 g/mol. The van der Waals surface area contributed by atoms with Crippen LogP contribution in [0.5, 0.6) is 5.75 Å². The molecule has 0 fully saturated rings. The summed E-state index contributed by atoms with van der Waals surface area (Å²) in [6, 6.07) is 3.90. The van der Waals surface area contributed by atoms with Gasteiger partial charge in [-0.3, -0.25) is 0 Å². The molecule has 3 nitrogen and oxygen atoms in total. The van der Waals surface area contributed by atoms with Crippen LogP contribution in [-0.2, 0) is 6.61 Å². The van der Waals surface area contributed by atoms with Gasteiger partial charge >= 0.3 is 0 Å². The predicted molar refractivity (Wildman–Crippen MR) is 55.1 cm³/mol.